The van der Waals surface area contributed by atoms with Crippen molar-refractivity contribution in [2.75, 3.05) is 18.6 Å². The van der Waals surface area contributed by atoms with Crippen molar-refractivity contribution in [1.82, 2.24) is 0 Å². The molecule has 0 heterocycles. The van der Waals surface area contributed by atoms with Crippen LogP contribution in [0.25, 0.3) is 22.3 Å². The highest BCUT2D eigenvalue weighted by molar-refractivity contribution is 8.33. The molecule has 0 amide bonds. The molecule has 216 valence electrons. The van der Waals surface area contributed by atoms with E-state index in [-0.39, 0.29) is 5.60 Å². The number of hydrogen-bond acceptors (Lipinski definition) is 1. The van der Waals surface area contributed by atoms with Crippen LogP contribution in [-0.2, 0) is 4.74 Å². The zero-order valence-corrected chi connectivity index (χ0v) is 26.8. The fourth-order valence-electron chi connectivity index (χ4n) is 6.70. The highest BCUT2D eigenvalue weighted by Crippen LogP contribution is 2.73. The molecule has 0 N–H and O–H groups in total. The van der Waals surface area contributed by atoms with Gasteiger partial charge in [0.1, 0.15) is 0 Å². The minimum atomic E-state index is -1.17. The Labute approximate surface area is 250 Å². The molecule has 5 rings (SSSR count). The van der Waals surface area contributed by atoms with Gasteiger partial charge in [0, 0.05) is 17.1 Å². The predicted molar refractivity (Wildman–Crippen MR) is 181 cm³/mol. The third-order valence-electron chi connectivity index (χ3n) is 8.97. The molecule has 1 nitrogen and oxygen atoms in total. The van der Waals surface area contributed by atoms with Crippen molar-refractivity contribution in [2.45, 2.75) is 76.4 Å². The molecule has 0 radical (unpaired) electrons. The Bertz CT molecular complexity index is 1420. The third-order valence-corrected chi connectivity index (χ3v) is 13.6. The molecular weight excluding hydrogens is 516 g/mol. The second-order valence-corrected chi connectivity index (χ2v) is 17.0. The Hall–Kier alpha value is -2.81. The lowest BCUT2D eigenvalue weighted by Crippen LogP contribution is -2.20. The van der Waals surface area contributed by atoms with Crippen LogP contribution in [0.1, 0.15) is 86.1 Å². The zero-order chi connectivity index (χ0) is 29.0. The van der Waals surface area contributed by atoms with Gasteiger partial charge in [-0.15, -0.1) is 0 Å². The van der Waals surface area contributed by atoms with E-state index >= 15 is 0 Å². The number of benzene rings is 4. The van der Waals surface area contributed by atoms with Crippen molar-refractivity contribution in [3.8, 4) is 22.3 Å². The minimum absolute atomic E-state index is 0.0497. The lowest BCUT2D eigenvalue weighted by atomic mass is 9.95. The smallest absolute Gasteiger partial charge is 0.0598 e. The molecule has 4 aromatic rings. The molecule has 2 unspecified atom stereocenters. The van der Waals surface area contributed by atoms with Crippen LogP contribution in [0, 0.1) is 6.92 Å². The Morgan fingerprint density at radius 3 is 1.78 bits per heavy atom. The van der Waals surface area contributed by atoms with Crippen molar-refractivity contribution in [3.05, 3.63) is 119 Å². The first-order valence-electron chi connectivity index (χ1n) is 15.4. The highest BCUT2D eigenvalue weighted by Gasteiger charge is 2.42. The molecule has 0 bridgehead atoms. The van der Waals surface area contributed by atoms with E-state index in [4.69, 9.17) is 4.74 Å². The Morgan fingerprint density at radius 2 is 1.17 bits per heavy atom. The normalized spacial score (nSPS) is 16.0. The van der Waals surface area contributed by atoms with Gasteiger partial charge in [0.2, 0.25) is 0 Å². The average Bonchev–Trinajstić information content (AvgIpc) is 3.31. The molecule has 4 aromatic carbocycles. The summed E-state index contributed by atoms with van der Waals surface area (Å²) < 4.78 is 6.00. The van der Waals surface area contributed by atoms with E-state index in [0.29, 0.717) is 10.5 Å². The maximum atomic E-state index is 6.00. The van der Waals surface area contributed by atoms with E-state index in [9.17, 15) is 0 Å². The van der Waals surface area contributed by atoms with Crippen molar-refractivity contribution in [3.63, 3.8) is 0 Å². The molecule has 0 spiro atoms. The van der Waals surface area contributed by atoms with Crippen LogP contribution in [-0.4, -0.2) is 24.2 Å². The van der Waals surface area contributed by atoms with Crippen LogP contribution in [0.4, 0.5) is 0 Å². The van der Waals surface area contributed by atoms with E-state index in [1.807, 2.05) is 0 Å². The molecule has 2 atom stereocenters. The van der Waals surface area contributed by atoms with Gasteiger partial charge in [0.15, 0.2) is 0 Å². The maximum absolute atomic E-state index is 6.00. The molecule has 0 fully saturated rings. The first kappa shape index (κ1) is 29.7. The molecule has 0 saturated carbocycles. The first-order chi connectivity index (χ1) is 19.7. The van der Waals surface area contributed by atoms with E-state index in [1.54, 1.807) is 0 Å². The molecule has 2 heteroatoms. The average molecular weight is 565 g/mol. The van der Waals surface area contributed by atoms with Gasteiger partial charge in [0.25, 0.3) is 0 Å². The van der Waals surface area contributed by atoms with E-state index in [2.05, 4.69) is 138 Å². The second-order valence-electron chi connectivity index (χ2n) is 12.9. The molecule has 0 aliphatic heterocycles. The van der Waals surface area contributed by atoms with Crippen molar-refractivity contribution < 1.29 is 4.74 Å². The van der Waals surface area contributed by atoms with Gasteiger partial charge in [-0.05, 0) is 97.1 Å². The van der Waals surface area contributed by atoms with E-state index in [1.165, 1.54) is 69.5 Å². The van der Waals surface area contributed by atoms with Gasteiger partial charge in [-0.3, -0.25) is 0 Å². The number of unbranched alkanes of at least 4 members (excludes halogenated alkanes) is 3. The van der Waals surface area contributed by atoms with Gasteiger partial charge in [-0.1, -0.05) is 117 Å². The number of hydrogen-bond donors (Lipinski definition) is 0. The minimum Gasteiger partial charge on any atom is -0.376 e. The molecule has 1 aliphatic rings. The van der Waals surface area contributed by atoms with Gasteiger partial charge in [-0.25, -0.2) is 10.0 Å². The number of rotatable bonds is 11. The highest BCUT2D eigenvalue weighted by atomic mass is 32.3. The number of aryl methyl sites for hydroxylation is 1. The van der Waals surface area contributed by atoms with Crippen LogP contribution in [0.2, 0.25) is 0 Å². The summed E-state index contributed by atoms with van der Waals surface area (Å²) in [5, 5.41) is 0.894. The number of fused-ring (bicyclic) bond motifs is 3. The fraction of sp³-hybridized carbons (Fsp3) is 0.385. The van der Waals surface area contributed by atoms with Crippen LogP contribution in [0.3, 0.4) is 0 Å². The van der Waals surface area contributed by atoms with Crippen LogP contribution in [0.5, 0.6) is 0 Å². The summed E-state index contributed by atoms with van der Waals surface area (Å²) in [5.74, 6) is 1.27. The summed E-state index contributed by atoms with van der Waals surface area (Å²) in [4.78, 5) is 0. The summed E-state index contributed by atoms with van der Waals surface area (Å²) in [5.41, 5.74) is 11.5. The van der Waals surface area contributed by atoms with Crippen molar-refractivity contribution in [2.24, 2.45) is 0 Å². The summed E-state index contributed by atoms with van der Waals surface area (Å²) in [7, 11) is -1.17. The fourth-order valence-corrected chi connectivity index (χ4v) is 10.9. The van der Waals surface area contributed by atoms with Gasteiger partial charge in [0.05, 0.1) is 5.60 Å². The summed E-state index contributed by atoms with van der Waals surface area (Å²) in [6.07, 6.45) is 7.57. The molecule has 1 aliphatic carbocycles. The quantitative estimate of drug-likeness (QED) is 0.165. The SMILES string of the molecule is Cc1ccccc1-c1ccccc1C(C)S(C)(CCCCCCOC(C)(C)C)C1c2ccccc2-c2ccccc21. The lowest BCUT2D eigenvalue weighted by Gasteiger charge is -2.48. The van der Waals surface area contributed by atoms with E-state index in [0.717, 1.165) is 13.0 Å². The molecular formula is C39H48OS. The van der Waals surface area contributed by atoms with Gasteiger partial charge in [-0.2, -0.15) is 0 Å². The molecule has 0 saturated heterocycles. The largest absolute Gasteiger partial charge is 0.376 e. The lowest BCUT2D eigenvalue weighted by molar-refractivity contribution is -0.00470. The van der Waals surface area contributed by atoms with Gasteiger partial charge < -0.3 is 4.74 Å². The Kier molecular flexibility index (Phi) is 9.12. The molecule has 41 heavy (non-hydrogen) atoms. The Balaban J connectivity index is 1.51. The van der Waals surface area contributed by atoms with Crippen LogP contribution < -0.4 is 0 Å². The summed E-state index contributed by atoms with van der Waals surface area (Å²) in [6, 6.07) is 36.5. The van der Waals surface area contributed by atoms with Crippen LogP contribution >= 0.6 is 10.0 Å². The molecule has 0 aromatic heterocycles. The topological polar surface area (TPSA) is 9.23 Å². The second kappa shape index (κ2) is 12.6. The van der Waals surface area contributed by atoms with Gasteiger partial charge >= 0.3 is 0 Å². The number of ether oxygens (including phenoxy) is 1. The maximum Gasteiger partial charge on any atom is 0.0598 e. The standard InChI is InChI=1S/C39H48OS/c1-29-19-9-10-20-31(29)33-22-12-11-21-32(33)30(2)41(6,28-18-8-7-17-27-40-39(3,4)5)38-36-25-15-13-23-34(36)35-24-14-16-26-37(35)38/h9-16,19-26,30,38H,7-8,17-18,27-28H2,1-6H3. The predicted octanol–water partition coefficient (Wildman–Crippen LogP) is 11.3. The summed E-state index contributed by atoms with van der Waals surface area (Å²) in [6.45, 7) is 12.1. The zero-order valence-electron chi connectivity index (χ0n) is 26.0. The Morgan fingerprint density at radius 1 is 0.659 bits per heavy atom. The first-order valence-corrected chi connectivity index (χ1v) is 17.8. The third kappa shape index (κ3) is 6.35. The van der Waals surface area contributed by atoms with Crippen molar-refractivity contribution >= 4 is 10.0 Å². The van der Waals surface area contributed by atoms with E-state index < -0.39 is 10.0 Å². The summed E-state index contributed by atoms with van der Waals surface area (Å²) >= 11 is 0. The van der Waals surface area contributed by atoms with Crippen molar-refractivity contribution in [1.29, 1.82) is 0 Å². The van der Waals surface area contributed by atoms with Crippen LogP contribution in [0.15, 0.2) is 97.1 Å². The monoisotopic (exact) mass is 564 g/mol.